The van der Waals surface area contributed by atoms with Gasteiger partial charge in [0.1, 0.15) is 17.4 Å². The Bertz CT molecular complexity index is 1100. The summed E-state index contributed by atoms with van der Waals surface area (Å²) in [5, 5.41) is 12.5. The highest BCUT2D eigenvalue weighted by Crippen LogP contribution is 2.19. The molecule has 0 saturated carbocycles. The summed E-state index contributed by atoms with van der Waals surface area (Å²) >= 11 is 5.82. The zero-order chi connectivity index (χ0) is 20.6. The topological polar surface area (TPSA) is 79.2 Å². The number of nitrogens with zero attached hydrogens (tertiary/aromatic N) is 1. The van der Waals surface area contributed by atoms with Gasteiger partial charge in [-0.15, -0.1) is 0 Å². The maximum Gasteiger partial charge on any atom is 0.343 e. The molecule has 0 spiro atoms. The molecule has 0 aliphatic heterocycles. The summed E-state index contributed by atoms with van der Waals surface area (Å²) in [4.78, 5) is 24.6. The minimum absolute atomic E-state index is 0.0740. The maximum atomic E-state index is 12.3. The Hall–Kier alpha value is -3.88. The van der Waals surface area contributed by atoms with E-state index in [1.54, 1.807) is 72.8 Å². The first-order valence-corrected chi connectivity index (χ1v) is 8.99. The van der Waals surface area contributed by atoms with Crippen LogP contribution in [0.5, 0.6) is 5.75 Å². The van der Waals surface area contributed by atoms with Crippen molar-refractivity contribution in [3.63, 3.8) is 0 Å². The van der Waals surface area contributed by atoms with Crippen LogP contribution in [-0.4, -0.2) is 11.9 Å². The van der Waals surface area contributed by atoms with Crippen LogP contribution in [0.15, 0.2) is 84.4 Å². The van der Waals surface area contributed by atoms with Gasteiger partial charge in [-0.2, -0.15) is 5.26 Å². The van der Waals surface area contributed by atoms with Crippen LogP contribution in [-0.2, 0) is 4.79 Å². The van der Waals surface area contributed by atoms with Crippen LogP contribution in [0.25, 0.3) is 6.08 Å². The molecule has 0 aliphatic carbocycles. The van der Waals surface area contributed by atoms with Crippen molar-refractivity contribution in [2.75, 3.05) is 5.32 Å². The van der Waals surface area contributed by atoms with Crippen molar-refractivity contribution < 1.29 is 14.3 Å². The number of amides is 1. The number of hydrogen-bond acceptors (Lipinski definition) is 4. The third-order valence-corrected chi connectivity index (χ3v) is 4.11. The molecule has 0 aromatic heterocycles. The summed E-state index contributed by atoms with van der Waals surface area (Å²) in [6, 6.07) is 23.6. The molecule has 0 bridgehead atoms. The first kappa shape index (κ1) is 19.9. The van der Waals surface area contributed by atoms with Gasteiger partial charge in [-0.25, -0.2) is 4.79 Å². The third kappa shape index (κ3) is 5.55. The second-order valence-electron chi connectivity index (χ2n) is 5.96. The lowest BCUT2D eigenvalue weighted by Crippen LogP contribution is -2.13. The number of carbonyl (C=O) groups is 2. The summed E-state index contributed by atoms with van der Waals surface area (Å²) in [5.74, 6) is -0.771. The number of ether oxygens (including phenoxy) is 1. The van der Waals surface area contributed by atoms with Gasteiger partial charge in [0.15, 0.2) is 0 Å². The summed E-state index contributed by atoms with van der Waals surface area (Å²) < 4.78 is 5.36. The minimum Gasteiger partial charge on any atom is -0.423 e. The summed E-state index contributed by atoms with van der Waals surface area (Å²) in [6.07, 6.45) is 1.43. The highest BCUT2D eigenvalue weighted by molar-refractivity contribution is 6.30. The molecule has 6 heteroatoms. The fourth-order valence-electron chi connectivity index (χ4n) is 2.45. The quantitative estimate of drug-likeness (QED) is 0.278. The highest BCUT2D eigenvalue weighted by Gasteiger charge is 2.11. The van der Waals surface area contributed by atoms with Crippen LogP contribution in [0.1, 0.15) is 15.9 Å². The molecule has 5 nitrogen and oxygen atoms in total. The van der Waals surface area contributed by atoms with E-state index in [1.807, 2.05) is 12.1 Å². The van der Waals surface area contributed by atoms with Crippen LogP contribution in [0.3, 0.4) is 0 Å². The molecule has 0 saturated heterocycles. The zero-order valence-corrected chi connectivity index (χ0v) is 15.9. The first-order valence-electron chi connectivity index (χ1n) is 8.61. The van der Waals surface area contributed by atoms with Crippen molar-refractivity contribution >= 4 is 35.2 Å². The second kappa shape index (κ2) is 9.36. The predicted octanol–water partition coefficient (Wildman–Crippen LogP) is 5.10. The van der Waals surface area contributed by atoms with E-state index in [4.69, 9.17) is 16.3 Å². The molecular weight excluding hydrogens is 388 g/mol. The van der Waals surface area contributed by atoms with E-state index in [0.717, 1.165) is 0 Å². The lowest BCUT2D eigenvalue weighted by molar-refractivity contribution is -0.112. The minimum atomic E-state index is -0.537. The number of nitriles is 1. The number of benzene rings is 3. The average molecular weight is 403 g/mol. The second-order valence-corrected chi connectivity index (χ2v) is 6.40. The van der Waals surface area contributed by atoms with E-state index in [2.05, 4.69) is 5.32 Å². The Balaban J connectivity index is 1.75. The zero-order valence-electron chi connectivity index (χ0n) is 15.1. The van der Waals surface area contributed by atoms with Crippen molar-refractivity contribution in [3.8, 4) is 11.8 Å². The number of hydrogen-bond donors (Lipinski definition) is 1. The average Bonchev–Trinajstić information content (AvgIpc) is 2.73. The number of carbonyl (C=O) groups excluding carboxylic acids is 2. The smallest absolute Gasteiger partial charge is 0.343 e. The van der Waals surface area contributed by atoms with E-state index >= 15 is 0 Å². The fourth-order valence-corrected chi connectivity index (χ4v) is 2.58. The number of halogens is 1. The van der Waals surface area contributed by atoms with Crippen molar-refractivity contribution in [2.45, 2.75) is 0 Å². The number of para-hydroxylation sites is 1. The first-order chi connectivity index (χ1) is 14.0. The molecule has 3 rings (SSSR count). The predicted molar refractivity (Wildman–Crippen MR) is 112 cm³/mol. The molecule has 0 heterocycles. The van der Waals surface area contributed by atoms with Crippen molar-refractivity contribution in [3.05, 3.63) is 101 Å². The van der Waals surface area contributed by atoms with E-state index in [0.29, 0.717) is 27.6 Å². The van der Waals surface area contributed by atoms with Gasteiger partial charge >= 0.3 is 5.97 Å². The van der Waals surface area contributed by atoms with Crippen LogP contribution in [0, 0.1) is 11.3 Å². The van der Waals surface area contributed by atoms with E-state index < -0.39 is 11.9 Å². The monoisotopic (exact) mass is 402 g/mol. The number of esters is 1. The van der Waals surface area contributed by atoms with Crippen molar-refractivity contribution in [2.24, 2.45) is 0 Å². The number of anilines is 1. The van der Waals surface area contributed by atoms with E-state index in [9.17, 15) is 14.9 Å². The van der Waals surface area contributed by atoms with Crippen LogP contribution < -0.4 is 10.1 Å². The molecule has 0 radical (unpaired) electrons. The number of rotatable bonds is 5. The van der Waals surface area contributed by atoms with Gasteiger partial charge in [-0.1, -0.05) is 41.9 Å². The molecule has 142 valence electrons. The van der Waals surface area contributed by atoms with Gasteiger partial charge in [-0.05, 0) is 60.2 Å². The lowest BCUT2D eigenvalue weighted by atomic mass is 10.1. The van der Waals surface area contributed by atoms with Crippen LogP contribution in [0.4, 0.5) is 5.69 Å². The van der Waals surface area contributed by atoms with E-state index in [1.165, 1.54) is 6.08 Å². The third-order valence-electron chi connectivity index (χ3n) is 3.86. The van der Waals surface area contributed by atoms with Gasteiger partial charge in [0.25, 0.3) is 5.91 Å². The van der Waals surface area contributed by atoms with E-state index in [-0.39, 0.29) is 5.57 Å². The standard InChI is InChI=1S/C23H15ClN2O3/c24-19-11-9-17(10-12-19)23(28)29-21-8-4-5-16(14-21)13-18(15-25)22(27)26-20-6-2-1-3-7-20/h1-14H,(H,26,27)/b18-13+. The Kier molecular flexibility index (Phi) is 6.41. The van der Waals surface area contributed by atoms with Crippen LogP contribution in [0.2, 0.25) is 5.02 Å². The lowest BCUT2D eigenvalue weighted by Gasteiger charge is -2.06. The normalized spacial score (nSPS) is 10.7. The molecule has 0 fully saturated rings. The summed E-state index contributed by atoms with van der Waals surface area (Å²) in [6.45, 7) is 0. The molecular formula is C23H15ClN2O3. The van der Waals surface area contributed by atoms with Gasteiger partial charge in [0.05, 0.1) is 5.56 Å². The Morgan fingerprint density at radius 2 is 1.69 bits per heavy atom. The Labute approximate surface area is 172 Å². The summed E-state index contributed by atoms with van der Waals surface area (Å²) in [7, 11) is 0. The Morgan fingerprint density at radius 3 is 2.38 bits per heavy atom. The molecule has 0 aliphatic rings. The summed E-state index contributed by atoms with van der Waals surface area (Å²) in [5.41, 5.74) is 1.42. The largest absolute Gasteiger partial charge is 0.423 e. The molecule has 29 heavy (non-hydrogen) atoms. The van der Waals surface area contributed by atoms with Crippen LogP contribution >= 0.6 is 11.6 Å². The molecule has 1 N–H and O–H groups in total. The number of nitrogens with one attached hydrogen (secondary N) is 1. The fraction of sp³-hybridized carbons (Fsp3) is 0. The molecule has 1 amide bonds. The van der Waals surface area contributed by atoms with Crippen molar-refractivity contribution in [1.82, 2.24) is 0 Å². The Morgan fingerprint density at radius 1 is 0.966 bits per heavy atom. The van der Waals surface area contributed by atoms with Gasteiger partial charge < -0.3 is 10.1 Å². The van der Waals surface area contributed by atoms with Crippen molar-refractivity contribution in [1.29, 1.82) is 5.26 Å². The molecule has 0 unspecified atom stereocenters. The SMILES string of the molecule is N#C/C(=C\c1cccc(OC(=O)c2ccc(Cl)cc2)c1)C(=O)Nc1ccccc1. The van der Waals surface area contributed by atoms with Gasteiger partial charge in [0.2, 0.25) is 0 Å². The maximum absolute atomic E-state index is 12.3. The molecule has 3 aromatic rings. The molecule has 3 aromatic carbocycles. The molecule has 0 atom stereocenters. The van der Waals surface area contributed by atoms with Gasteiger partial charge in [0, 0.05) is 10.7 Å². The van der Waals surface area contributed by atoms with Gasteiger partial charge in [-0.3, -0.25) is 4.79 Å². The highest BCUT2D eigenvalue weighted by atomic mass is 35.5.